The Balaban J connectivity index is 1.55. The molecule has 0 radical (unpaired) electrons. The van der Waals surface area contributed by atoms with Crippen molar-refractivity contribution in [2.45, 2.75) is 65.6 Å². The zero-order chi connectivity index (χ0) is 20.6. The van der Waals surface area contributed by atoms with E-state index >= 15 is 0 Å². The first-order valence-electron chi connectivity index (χ1n) is 10.9. The van der Waals surface area contributed by atoms with E-state index in [1.807, 2.05) is 32.9 Å². The van der Waals surface area contributed by atoms with Crippen LogP contribution in [0.15, 0.2) is 42.5 Å². The second-order valence-corrected chi connectivity index (χ2v) is 8.16. The minimum atomic E-state index is -0.480. The number of amides is 1. The number of piperidine rings is 1. The van der Waals surface area contributed by atoms with Crippen molar-refractivity contribution in [3.8, 4) is 5.75 Å². The van der Waals surface area contributed by atoms with Crippen LogP contribution < -0.4 is 10.1 Å². The molecule has 1 unspecified atom stereocenters. The van der Waals surface area contributed by atoms with Crippen LogP contribution in [0, 0.1) is 13.8 Å². The number of likely N-dealkylation sites (tertiary alicyclic amines) is 1. The summed E-state index contributed by atoms with van der Waals surface area (Å²) in [5.74, 6) is 0.727. The van der Waals surface area contributed by atoms with Gasteiger partial charge >= 0.3 is 0 Å². The molecule has 4 nitrogen and oxygen atoms in total. The summed E-state index contributed by atoms with van der Waals surface area (Å²) in [6.45, 7) is 9.92. The van der Waals surface area contributed by atoms with Gasteiger partial charge < -0.3 is 10.1 Å². The number of aryl methyl sites for hydroxylation is 2. The first-order valence-corrected chi connectivity index (χ1v) is 10.9. The number of carbonyl (C=O) groups is 1. The molecule has 1 N–H and O–H groups in total. The third-order valence-corrected chi connectivity index (χ3v) is 5.59. The maximum atomic E-state index is 12.7. The highest BCUT2D eigenvalue weighted by Gasteiger charge is 2.19. The number of carbonyl (C=O) groups excluding carboxylic acids is 1. The van der Waals surface area contributed by atoms with Gasteiger partial charge in [-0.25, -0.2) is 0 Å². The van der Waals surface area contributed by atoms with Crippen LogP contribution in [-0.4, -0.2) is 30.0 Å². The van der Waals surface area contributed by atoms with E-state index in [1.165, 1.54) is 37.9 Å². The van der Waals surface area contributed by atoms with Crippen LogP contribution in [0.5, 0.6) is 5.75 Å². The van der Waals surface area contributed by atoms with Crippen molar-refractivity contribution < 1.29 is 9.53 Å². The lowest BCUT2D eigenvalue weighted by atomic mass is 10.1. The minimum Gasteiger partial charge on any atom is -0.480 e. The summed E-state index contributed by atoms with van der Waals surface area (Å²) in [5, 5.41) is 3.06. The lowest BCUT2D eigenvalue weighted by Crippen LogP contribution is -2.37. The molecule has 1 aliphatic heterocycles. The van der Waals surface area contributed by atoms with Crippen molar-refractivity contribution in [2.75, 3.05) is 13.1 Å². The summed E-state index contributed by atoms with van der Waals surface area (Å²) in [7, 11) is 0. The fraction of sp³-hybridized carbons (Fsp3) is 0.480. The lowest BCUT2D eigenvalue weighted by Gasteiger charge is -2.26. The van der Waals surface area contributed by atoms with E-state index in [-0.39, 0.29) is 5.91 Å². The minimum absolute atomic E-state index is 0.0603. The molecule has 2 aromatic rings. The Bertz CT molecular complexity index is 812. The van der Waals surface area contributed by atoms with Crippen molar-refractivity contribution in [3.05, 3.63) is 64.7 Å². The van der Waals surface area contributed by atoms with Gasteiger partial charge in [0.25, 0.3) is 5.91 Å². The number of hydrogen-bond acceptors (Lipinski definition) is 3. The van der Waals surface area contributed by atoms with E-state index < -0.39 is 6.10 Å². The van der Waals surface area contributed by atoms with Gasteiger partial charge in [-0.1, -0.05) is 49.7 Å². The summed E-state index contributed by atoms with van der Waals surface area (Å²) in [6.07, 6.45) is 4.11. The molecule has 1 amide bonds. The first-order chi connectivity index (χ1) is 14.0. The largest absolute Gasteiger partial charge is 0.480 e. The molecule has 0 saturated carbocycles. The number of nitrogens with zero attached hydrogens (tertiary/aromatic N) is 1. The van der Waals surface area contributed by atoms with Crippen LogP contribution in [0.2, 0.25) is 0 Å². The molecule has 0 aliphatic carbocycles. The standard InChI is InChI=1S/C25H34N2O2/c1-4-23(29-24-15-19(2)11-12-20(24)3)25(28)26-17-21-9-8-10-22(16-21)18-27-13-6-5-7-14-27/h8-12,15-16,23H,4-7,13-14,17-18H2,1-3H3,(H,26,28). The van der Waals surface area contributed by atoms with Gasteiger partial charge in [0, 0.05) is 13.1 Å². The van der Waals surface area contributed by atoms with Gasteiger partial charge in [0.15, 0.2) is 6.10 Å². The van der Waals surface area contributed by atoms with E-state index in [0.717, 1.165) is 29.0 Å². The predicted molar refractivity (Wildman–Crippen MR) is 118 cm³/mol. The molecule has 1 saturated heterocycles. The van der Waals surface area contributed by atoms with Gasteiger partial charge in [-0.3, -0.25) is 9.69 Å². The monoisotopic (exact) mass is 394 g/mol. The summed E-state index contributed by atoms with van der Waals surface area (Å²) < 4.78 is 6.03. The molecule has 3 rings (SSSR count). The molecule has 0 bridgehead atoms. The van der Waals surface area contributed by atoms with Crippen molar-refractivity contribution in [1.82, 2.24) is 10.2 Å². The molecule has 4 heteroatoms. The quantitative estimate of drug-likeness (QED) is 0.702. The highest BCUT2D eigenvalue weighted by atomic mass is 16.5. The molecule has 2 aromatic carbocycles. The van der Waals surface area contributed by atoms with E-state index in [4.69, 9.17) is 4.74 Å². The molecule has 29 heavy (non-hydrogen) atoms. The molecule has 156 valence electrons. The highest BCUT2D eigenvalue weighted by Crippen LogP contribution is 2.21. The van der Waals surface area contributed by atoms with Crippen LogP contribution in [0.25, 0.3) is 0 Å². The molecule has 1 fully saturated rings. The SMILES string of the molecule is CCC(Oc1cc(C)ccc1C)C(=O)NCc1cccc(CN2CCCCC2)c1. The predicted octanol–water partition coefficient (Wildman–Crippen LogP) is 4.76. The molecular formula is C25H34N2O2. The zero-order valence-electron chi connectivity index (χ0n) is 18.0. The Kier molecular flexibility index (Phi) is 7.70. The van der Waals surface area contributed by atoms with E-state index in [1.54, 1.807) is 0 Å². The average Bonchev–Trinajstić information content (AvgIpc) is 2.73. The maximum absolute atomic E-state index is 12.7. The number of ether oxygens (including phenoxy) is 1. The Morgan fingerprint density at radius 2 is 1.83 bits per heavy atom. The van der Waals surface area contributed by atoms with Crippen LogP contribution in [0.3, 0.4) is 0 Å². The molecule has 0 spiro atoms. The summed E-state index contributed by atoms with van der Waals surface area (Å²) in [4.78, 5) is 15.2. The third kappa shape index (κ3) is 6.33. The van der Waals surface area contributed by atoms with Crippen LogP contribution in [0.1, 0.15) is 54.9 Å². The van der Waals surface area contributed by atoms with Gasteiger partial charge in [-0.2, -0.15) is 0 Å². The van der Waals surface area contributed by atoms with Gasteiger partial charge in [-0.05, 0) is 74.5 Å². The van der Waals surface area contributed by atoms with Crippen LogP contribution >= 0.6 is 0 Å². The molecule has 1 aliphatic rings. The van der Waals surface area contributed by atoms with Crippen molar-refractivity contribution in [3.63, 3.8) is 0 Å². The van der Waals surface area contributed by atoms with Crippen LogP contribution in [-0.2, 0) is 17.9 Å². The van der Waals surface area contributed by atoms with Gasteiger partial charge in [0.1, 0.15) is 5.75 Å². The Morgan fingerprint density at radius 3 is 2.59 bits per heavy atom. The summed E-state index contributed by atoms with van der Waals surface area (Å²) in [5.41, 5.74) is 4.63. The topological polar surface area (TPSA) is 41.6 Å². The first kappa shape index (κ1) is 21.4. The maximum Gasteiger partial charge on any atom is 0.261 e. The Morgan fingerprint density at radius 1 is 1.07 bits per heavy atom. The second kappa shape index (κ2) is 10.4. The number of nitrogens with one attached hydrogen (secondary N) is 1. The summed E-state index contributed by atoms with van der Waals surface area (Å²) >= 11 is 0. The number of benzene rings is 2. The third-order valence-electron chi connectivity index (χ3n) is 5.59. The second-order valence-electron chi connectivity index (χ2n) is 8.16. The van der Waals surface area contributed by atoms with Gasteiger partial charge in [-0.15, -0.1) is 0 Å². The Labute approximate surface area is 175 Å². The smallest absolute Gasteiger partial charge is 0.261 e. The number of hydrogen-bond donors (Lipinski definition) is 1. The fourth-order valence-electron chi connectivity index (χ4n) is 3.83. The van der Waals surface area contributed by atoms with Crippen molar-refractivity contribution in [2.24, 2.45) is 0 Å². The summed E-state index contributed by atoms with van der Waals surface area (Å²) in [6, 6.07) is 14.6. The average molecular weight is 395 g/mol. The van der Waals surface area contributed by atoms with Crippen molar-refractivity contribution in [1.29, 1.82) is 0 Å². The van der Waals surface area contributed by atoms with E-state index in [2.05, 4.69) is 40.5 Å². The fourth-order valence-corrected chi connectivity index (χ4v) is 3.83. The van der Waals surface area contributed by atoms with Gasteiger partial charge in [0.05, 0.1) is 0 Å². The van der Waals surface area contributed by atoms with Crippen molar-refractivity contribution >= 4 is 5.91 Å². The normalized spacial score (nSPS) is 15.7. The van der Waals surface area contributed by atoms with Gasteiger partial charge in [0.2, 0.25) is 0 Å². The Hall–Kier alpha value is -2.33. The zero-order valence-corrected chi connectivity index (χ0v) is 18.0. The number of rotatable bonds is 8. The molecule has 1 heterocycles. The molecular weight excluding hydrogens is 360 g/mol. The van der Waals surface area contributed by atoms with E-state index in [9.17, 15) is 4.79 Å². The molecule has 1 atom stereocenters. The molecule has 0 aromatic heterocycles. The highest BCUT2D eigenvalue weighted by molar-refractivity contribution is 5.81. The van der Waals surface area contributed by atoms with E-state index in [0.29, 0.717) is 13.0 Å². The van der Waals surface area contributed by atoms with Crippen LogP contribution in [0.4, 0.5) is 0 Å². The lowest BCUT2D eigenvalue weighted by molar-refractivity contribution is -0.128.